The standard InChI is InChI=1S/C16H8ClF3N2O2S/c17-12-4-3-10(7-11(12)16(18,19)20)22-14(23)13(25-15(22)24)6-9-2-1-5-21-8-9/h1-8H/b13-6-. The highest BCUT2D eigenvalue weighted by atomic mass is 35.5. The minimum Gasteiger partial charge on any atom is -0.268 e. The molecule has 0 radical (unpaired) electrons. The number of rotatable bonds is 2. The Morgan fingerprint density at radius 3 is 2.60 bits per heavy atom. The lowest BCUT2D eigenvalue weighted by Gasteiger charge is -2.16. The third kappa shape index (κ3) is 3.54. The minimum atomic E-state index is -4.69. The number of imide groups is 1. The summed E-state index contributed by atoms with van der Waals surface area (Å²) in [5.74, 6) is -0.700. The van der Waals surface area contributed by atoms with Crippen LogP contribution in [-0.4, -0.2) is 16.1 Å². The highest BCUT2D eigenvalue weighted by Crippen LogP contribution is 2.40. The van der Waals surface area contributed by atoms with E-state index in [1.165, 1.54) is 18.3 Å². The van der Waals surface area contributed by atoms with E-state index in [9.17, 15) is 22.8 Å². The molecule has 0 spiro atoms. The fraction of sp³-hybridized carbons (Fsp3) is 0.0625. The number of aromatic nitrogens is 1. The molecule has 1 saturated heterocycles. The Balaban J connectivity index is 1.98. The van der Waals surface area contributed by atoms with Crippen LogP contribution < -0.4 is 4.90 Å². The van der Waals surface area contributed by atoms with E-state index in [0.717, 1.165) is 6.07 Å². The molecule has 0 saturated carbocycles. The van der Waals surface area contributed by atoms with Crippen molar-refractivity contribution in [3.05, 3.63) is 63.8 Å². The first kappa shape index (κ1) is 17.5. The van der Waals surface area contributed by atoms with Gasteiger partial charge in [0, 0.05) is 12.4 Å². The van der Waals surface area contributed by atoms with Crippen LogP contribution in [0.4, 0.5) is 23.7 Å². The lowest BCUT2D eigenvalue weighted by molar-refractivity contribution is -0.137. The molecule has 9 heteroatoms. The van der Waals surface area contributed by atoms with Gasteiger partial charge in [-0.1, -0.05) is 17.7 Å². The van der Waals surface area contributed by atoms with E-state index >= 15 is 0 Å². The van der Waals surface area contributed by atoms with Gasteiger partial charge in [-0.05, 0) is 47.7 Å². The summed E-state index contributed by atoms with van der Waals surface area (Å²) in [6.07, 6.45) is -0.188. The van der Waals surface area contributed by atoms with Crippen LogP contribution in [0.15, 0.2) is 47.6 Å². The number of hydrogen-bond acceptors (Lipinski definition) is 4. The van der Waals surface area contributed by atoms with E-state index < -0.39 is 27.9 Å². The molecule has 0 aliphatic carbocycles. The molecule has 2 heterocycles. The van der Waals surface area contributed by atoms with Gasteiger partial charge in [0.15, 0.2) is 0 Å². The van der Waals surface area contributed by atoms with Crippen molar-refractivity contribution >= 4 is 46.3 Å². The third-order valence-electron chi connectivity index (χ3n) is 3.29. The van der Waals surface area contributed by atoms with Crippen molar-refractivity contribution in [3.63, 3.8) is 0 Å². The molecule has 0 bridgehead atoms. The Morgan fingerprint density at radius 2 is 1.96 bits per heavy atom. The van der Waals surface area contributed by atoms with E-state index in [4.69, 9.17) is 11.6 Å². The molecule has 1 fully saturated rings. The fourth-order valence-electron chi connectivity index (χ4n) is 2.17. The molecule has 3 rings (SSSR count). The predicted molar refractivity (Wildman–Crippen MR) is 89.1 cm³/mol. The second kappa shape index (κ2) is 6.53. The van der Waals surface area contributed by atoms with Gasteiger partial charge in [0.1, 0.15) is 0 Å². The number of amides is 2. The zero-order valence-electron chi connectivity index (χ0n) is 12.2. The predicted octanol–water partition coefficient (Wildman–Crippen LogP) is 4.99. The van der Waals surface area contributed by atoms with Crippen LogP contribution in [0.2, 0.25) is 5.02 Å². The highest BCUT2D eigenvalue weighted by molar-refractivity contribution is 8.19. The average Bonchev–Trinajstić information content (AvgIpc) is 2.82. The number of nitrogens with zero attached hydrogens (tertiary/aromatic N) is 2. The van der Waals surface area contributed by atoms with Gasteiger partial charge in [0.25, 0.3) is 11.1 Å². The lowest BCUT2D eigenvalue weighted by atomic mass is 10.1. The summed E-state index contributed by atoms with van der Waals surface area (Å²) in [4.78, 5) is 29.3. The van der Waals surface area contributed by atoms with E-state index in [0.29, 0.717) is 28.3 Å². The Hall–Kier alpha value is -2.32. The summed E-state index contributed by atoms with van der Waals surface area (Å²) >= 11 is 6.21. The first-order valence-corrected chi connectivity index (χ1v) is 8.01. The number of halogens is 4. The summed E-state index contributed by atoms with van der Waals surface area (Å²) < 4.78 is 38.9. The van der Waals surface area contributed by atoms with Crippen molar-refractivity contribution in [2.45, 2.75) is 6.18 Å². The maximum Gasteiger partial charge on any atom is 0.417 e. The quantitative estimate of drug-likeness (QED) is 0.684. The maximum absolute atomic E-state index is 13.0. The molecule has 0 atom stereocenters. The second-order valence-corrected chi connectivity index (χ2v) is 6.37. The molecule has 1 aliphatic rings. The second-order valence-electron chi connectivity index (χ2n) is 4.97. The molecule has 25 heavy (non-hydrogen) atoms. The maximum atomic E-state index is 13.0. The van der Waals surface area contributed by atoms with E-state index in [1.807, 2.05) is 0 Å². The zero-order chi connectivity index (χ0) is 18.2. The van der Waals surface area contributed by atoms with E-state index in [2.05, 4.69) is 4.98 Å². The van der Waals surface area contributed by atoms with Gasteiger partial charge in [0.2, 0.25) is 0 Å². The number of carbonyl (C=O) groups excluding carboxylic acids is 2. The summed E-state index contributed by atoms with van der Waals surface area (Å²) in [6, 6.07) is 6.23. The third-order valence-corrected chi connectivity index (χ3v) is 4.49. The van der Waals surface area contributed by atoms with Gasteiger partial charge in [-0.2, -0.15) is 13.2 Å². The van der Waals surface area contributed by atoms with Crippen molar-refractivity contribution in [3.8, 4) is 0 Å². The van der Waals surface area contributed by atoms with Gasteiger partial charge in [-0.15, -0.1) is 0 Å². The molecule has 0 unspecified atom stereocenters. The normalized spacial score (nSPS) is 16.8. The van der Waals surface area contributed by atoms with Crippen molar-refractivity contribution in [1.82, 2.24) is 4.98 Å². The SMILES string of the molecule is O=C1S/C(=C\c2cccnc2)C(=O)N1c1ccc(Cl)c(C(F)(F)F)c1. The topological polar surface area (TPSA) is 50.3 Å². The van der Waals surface area contributed by atoms with Gasteiger partial charge < -0.3 is 0 Å². The number of pyridine rings is 1. The fourth-order valence-corrected chi connectivity index (χ4v) is 3.24. The number of hydrogen-bond donors (Lipinski definition) is 0. The van der Waals surface area contributed by atoms with Crippen LogP contribution in [0.5, 0.6) is 0 Å². The average molecular weight is 385 g/mol. The minimum absolute atomic E-state index is 0.0986. The van der Waals surface area contributed by atoms with Crippen LogP contribution >= 0.6 is 23.4 Å². The van der Waals surface area contributed by atoms with Gasteiger partial charge in [-0.3, -0.25) is 14.6 Å². The Morgan fingerprint density at radius 1 is 1.20 bits per heavy atom. The Bertz CT molecular complexity index is 885. The molecule has 1 aromatic heterocycles. The summed E-state index contributed by atoms with van der Waals surface area (Å²) in [7, 11) is 0. The van der Waals surface area contributed by atoms with E-state index in [1.54, 1.807) is 18.3 Å². The lowest BCUT2D eigenvalue weighted by Crippen LogP contribution is -2.28. The summed E-state index contributed by atoms with van der Waals surface area (Å²) in [5, 5.41) is -1.19. The van der Waals surface area contributed by atoms with Crippen molar-refractivity contribution < 1.29 is 22.8 Å². The van der Waals surface area contributed by atoms with Crippen LogP contribution in [0, 0.1) is 0 Å². The van der Waals surface area contributed by atoms with Gasteiger partial charge in [-0.25, -0.2) is 4.90 Å². The molecule has 2 aromatic rings. The van der Waals surface area contributed by atoms with Crippen molar-refractivity contribution in [2.24, 2.45) is 0 Å². The zero-order valence-corrected chi connectivity index (χ0v) is 13.8. The Kier molecular flexibility index (Phi) is 4.57. The molecule has 4 nitrogen and oxygen atoms in total. The Labute approximate surface area is 149 Å². The van der Waals surface area contributed by atoms with Crippen molar-refractivity contribution in [1.29, 1.82) is 0 Å². The van der Waals surface area contributed by atoms with Crippen molar-refractivity contribution in [2.75, 3.05) is 4.90 Å². The number of alkyl halides is 3. The molecule has 1 aliphatic heterocycles. The van der Waals surface area contributed by atoms with Crippen LogP contribution in [-0.2, 0) is 11.0 Å². The van der Waals surface area contributed by atoms with Crippen LogP contribution in [0.3, 0.4) is 0 Å². The van der Waals surface area contributed by atoms with Crippen LogP contribution in [0.25, 0.3) is 6.08 Å². The molecule has 1 aromatic carbocycles. The molecular formula is C16H8ClF3N2O2S. The molecular weight excluding hydrogens is 377 g/mol. The smallest absolute Gasteiger partial charge is 0.268 e. The first-order chi connectivity index (χ1) is 11.8. The number of anilines is 1. The first-order valence-electron chi connectivity index (χ1n) is 6.82. The largest absolute Gasteiger partial charge is 0.417 e. The summed E-state index contributed by atoms with van der Waals surface area (Å²) in [5.41, 5.74) is -0.698. The molecule has 2 amide bonds. The van der Waals surface area contributed by atoms with Gasteiger partial charge in [0.05, 0.1) is 21.2 Å². The van der Waals surface area contributed by atoms with E-state index in [-0.39, 0.29) is 10.6 Å². The number of benzene rings is 1. The van der Waals surface area contributed by atoms with Gasteiger partial charge >= 0.3 is 6.18 Å². The number of thioether (sulfide) groups is 1. The molecule has 0 N–H and O–H groups in total. The molecule has 128 valence electrons. The summed E-state index contributed by atoms with van der Waals surface area (Å²) in [6.45, 7) is 0. The number of carbonyl (C=O) groups is 2. The van der Waals surface area contributed by atoms with Crippen LogP contribution in [0.1, 0.15) is 11.1 Å². The highest BCUT2D eigenvalue weighted by Gasteiger charge is 2.39. The monoisotopic (exact) mass is 384 g/mol.